The van der Waals surface area contributed by atoms with Crippen molar-refractivity contribution in [3.63, 3.8) is 0 Å². The second kappa shape index (κ2) is 8.99. The van der Waals surface area contributed by atoms with E-state index in [9.17, 15) is 9.59 Å². The highest BCUT2D eigenvalue weighted by molar-refractivity contribution is 6.06. The maximum absolute atomic E-state index is 12.6. The molecule has 1 unspecified atom stereocenters. The molecule has 6 nitrogen and oxygen atoms in total. The number of ether oxygens (including phenoxy) is 1. The fraction of sp³-hybridized carbons (Fsp3) is 0.350. The summed E-state index contributed by atoms with van der Waals surface area (Å²) in [7, 11) is 0. The van der Waals surface area contributed by atoms with E-state index in [4.69, 9.17) is 4.74 Å². The lowest BCUT2D eigenvalue weighted by molar-refractivity contribution is 0.0934. The summed E-state index contributed by atoms with van der Waals surface area (Å²) >= 11 is 0. The zero-order chi connectivity index (χ0) is 19.1. The maximum Gasteiger partial charge on any atom is 0.270 e. The summed E-state index contributed by atoms with van der Waals surface area (Å²) < 4.78 is 5.71. The number of para-hydroxylation sites is 2. The molecule has 2 aromatic rings. The van der Waals surface area contributed by atoms with E-state index >= 15 is 0 Å². The minimum absolute atomic E-state index is 0.00942. The summed E-state index contributed by atoms with van der Waals surface area (Å²) in [5.41, 5.74) is 1.15. The van der Waals surface area contributed by atoms with Crippen LogP contribution in [0.4, 0.5) is 5.69 Å². The van der Waals surface area contributed by atoms with E-state index in [0.29, 0.717) is 17.0 Å². The zero-order valence-electron chi connectivity index (χ0n) is 15.6. The van der Waals surface area contributed by atoms with Crippen molar-refractivity contribution in [3.8, 4) is 5.75 Å². The number of hydrogen-bond acceptors (Lipinski definition) is 4. The van der Waals surface area contributed by atoms with Gasteiger partial charge in [-0.3, -0.25) is 14.6 Å². The summed E-state index contributed by atoms with van der Waals surface area (Å²) in [5.74, 6) is -0.0259. The first-order chi connectivity index (χ1) is 12.4. The van der Waals surface area contributed by atoms with Crippen molar-refractivity contribution in [2.24, 2.45) is 0 Å². The number of amides is 2. The van der Waals surface area contributed by atoms with Crippen LogP contribution in [0.25, 0.3) is 0 Å². The maximum atomic E-state index is 12.6. The Morgan fingerprint density at radius 2 is 1.85 bits per heavy atom. The molecule has 138 valence electrons. The molecule has 2 N–H and O–H groups in total. The van der Waals surface area contributed by atoms with Crippen molar-refractivity contribution in [2.75, 3.05) is 5.32 Å². The molecule has 1 atom stereocenters. The van der Waals surface area contributed by atoms with Crippen molar-refractivity contribution in [2.45, 2.75) is 46.3 Å². The summed E-state index contributed by atoms with van der Waals surface area (Å²) in [5, 5.41) is 5.67. The minimum Gasteiger partial charge on any atom is -0.489 e. The molecule has 26 heavy (non-hydrogen) atoms. The molecule has 1 aromatic heterocycles. The lowest BCUT2D eigenvalue weighted by Crippen LogP contribution is -2.32. The summed E-state index contributed by atoms with van der Waals surface area (Å²) in [6.07, 6.45) is 2.26. The van der Waals surface area contributed by atoms with Crippen LogP contribution >= 0.6 is 0 Å². The van der Waals surface area contributed by atoms with Gasteiger partial charge in [0.2, 0.25) is 0 Å². The standard InChI is InChI=1S/C20H25N3O3/c1-5-14(4)22-20(25)17-12-15(10-11-21-17)19(24)23-16-8-6-7-9-18(16)26-13(2)3/h6-14H,5H2,1-4H3,(H,22,25)(H,23,24). The van der Waals surface area contributed by atoms with Crippen LogP contribution < -0.4 is 15.4 Å². The van der Waals surface area contributed by atoms with Gasteiger partial charge in [-0.25, -0.2) is 0 Å². The van der Waals surface area contributed by atoms with Gasteiger partial charge in [-0.1, -0.05) is 19.1 Å². The molecule has 1 aromatic carbocycles. The molecular formula is C20H25N3O3. The third-order valence-electron chi connectivity index (χ3n) is 3.74. The minimum atomic E-state index is -0.329. The molecular weight excluding hydrogens is 330 g/mol. The van der Waals surface area contributed by atoms with E-state index in [-0.39, 0.29) is 29.7 Å². The molecule has 2 rings (SSSR count). The molecule has 0 saturated carbocycles. The number of anilines is 1. The van der Waals surface area contributed by atoms with Gasteiger partial charge >= 0.3 is 0 Å². The fourth-order valence-corrected chi connectivity index (χ4v) is 2.22. The molecule has 1 heterocycles. The molecule has 0 radical (unpaired) electrons. The fourth-order valence-electron chi connectivity index (χ4n) is 2.22. The first kappa shape index (κ1) is 19.4. The molecule has 6 heteroatoms. The highest BCUT2D eigenvalue weighted by Crippen LogP contribution is 2.25. The van der Waals surface area contributed by atoms with Gasteiger partial charge in [0.15, 0.2) is 0 Å². The van der Waals surface area contributed by atoms with Gasteiger partial charge in [-0.2, -0.15) is 0 Å². The molecule has 2 amide bonds. The normalized spacial score (nSPS) is 11.7. The van der Waals surface area contributed by atoms with Crippen molar-refractivity contribution in [1.29, 1.82) is 0 Å². The van der Waals surface area contributed by atoms with Crippen LogP contribution in [0.15, 0.2) is 42.6 Å². The van der Waals surface area contributed by atoms with Crippen LogP contribution in [0.3, 0.4) is 0 Å². The predicted octanol–water partition coefficient (Wildman–Crippen LogP) is 3.65. The Bertz CT molecular complexity index is 774. The van der Waals surface area contributed by atoms with E-state index in [1.54, 1.807) is 18.2 Å². The number of carbonyl (C=O) groups excluding carboxylic acids is 2. The van der Waals surface area contributed by atoms with Crippen LogP contribution in [0.5, 0.6) is 5.75 Å². The molecule has 0 aliphatic carbocycles. The van der Waals surface area contributed by atoms with Crippen molar-refractivity contribution < 1.29 is 14.3 Å². The highest BCUT2D eigenvalue weighted by atomic mass is 16.5. The molecule has 0 bridgehead atoms. The average Bonchev–Trinajstić information content (AvgIpc) is 2.62. The number of nitrogens with zero attached hydrogens (tertiary/aromatic N) is 1. The number of rotatable bonds is 7. The van der Waals surface area contributed by atoms with E-state index < -0.39 is 0 Å². The average molecular weight is 355 g/mol. The lowest BCUT2D eigenvalue weighted by Gasteiger charge is -2.15. The second-order valence-corrected chi connectivity index (χ2v) is 6.33. The molecule has 0 fully saturated rings. The van der Waals surface area contributed by atoms with Gasteiger partial charge in [0.1, 0.15) is 11.4 Å². The van der Waals surface area contributed by atoms with Gasteiger partial charge in [0, 0.05) is 17.8 Å². The Kier molecular flexibility index (Phi) is 6.72. The van der Waals surface area contributed by atoms with Gasteiger partial charge in [-0.15, -0.1) is 0 Å². The first-order valence-corrected chi connectivity index (χ1v) is 8.74. The number of hydrogen-bond donors (Lipinski definition) is 2. The van der Waals surface area contributed by atoms with Crippen LogP contribution in [-0.2, 0) is 0 Å². The number of pyridine rings is 1. The molecule has 0 saturated heterocycles. The number of nitrogens with one attached hydrogen (secondary N) is 2. The zero-order valence-corrected chi connectivity index (χ0v) is 15.6. The SMILES string of the molecule is CCC(C)NC(=O)c1cc(C(=O)Nc2ccccc2OC(C)C)ccn1. The Hall–Kier alpha value is -2.89. The highest BCUT2D eigenvalue weighted by Gasteiger charge is 2.15. The van der Waals surface area contributed by atoms with Gasteiger partial charge in [0.05, 0.1) is 11.8 Å². The van der Waals surface area contributed by atoms with Crippen LogP contribution in [-0.4, -0.2) is 28.9 Å². The van der Waals surface area contributed by atoms with Crippen LogP contribution in [0, 0.1) is 0 Å². The Morgan fingerprint density at radius 1 is 1.12 bits per heavy atom. The van der Waals surface area contributed by atoms with E-state index in [1.165, 1.54) is 12.3 Å². The van der Waals surface area contributed by atoms with Crippen molar-refractivity contribution in [1.82, 2.24) is 10.3 Å². The first-order valence-electron chi connectivity index (χ1n) is 8.74. The molecule has 0 spiro atoms. The quantitative estimate of drug-likeness (QED) is 0.794. The molecule has 0 aliphatic rings. The van der Waals surface area contributed by atoms with Crippen molar-refractivity contribution >= 4 is 17.5 Å². The predicted molar refractivity (Wildman–Crippen MR) is 102 cm³/mol. The lowest BCUT2D eigenvalue weighted by atomic mass is 10.2. The van der Waals surface area contributed by atoms with Gasteiger partial charge < -0.3 is 15.4 Å². The molecule has 0 aliphatic heterocycles. The van der Waals surface area contributed by atoms with Crippen molar-refractivity contribution in [3.05, 3.63) is 53.9 Å². The smallest absolute Gasteiger partial charge is 0.270 e. The van der Waals surface area contributed by atoms with Crippen LogP contribution in [0.2, 0.25) is 0 Å². The number of benzene rings is 1. The summed E-state index contributed by atoms with van der Waals surface area (Å²) in [4.78, 5) is 28.8. The summed E-state index contributed by atoms with van der Waals surface area (Å²) in [6.45, 7) is 7.74. The van der Waals surface area contributed by atoms with Crippen LogP contribution in [0.1, 0.15) is 55.0 Å². The second-order valence-electron chi connectivity index (χ2n) is 6.33. The number of aromatic nitrogens is 1. The Balaban J connectivity index is 2.16. The topological polar surface area (TPSA) is 80.3 Å². The van der Waals surface area contributed by atoms with E-state index in [0.717, 1.165) is 6.42 Å². The summed E-state index contributed by atoms with van der Waals surface area (Å²) in [6, 6.07) is 10.3. The van der Waals surface area contributed by atoms with E-state index in [1.807, 2.05) is 39.8 Å². The Labute approximate surface area is 154 Å². The largest absolute Gasteiger partial charge is 0.489 e. The third-order valence-corrected chi connectivity index (χ3v) is 3.74. The van der Waals surface area contributed by atoms with Gasteiger partial charge in [-0.05, 0) is 51.5 Å². The number of carbonyl (C=O) groups is 2. The van der Waals surface area contributed by atoms with Gasteiger partial charge in [0.25, 0.3) is 11.8 Å². The monoisotopic (exact) mass is 355 g/mol. The Morgan fingerprint density at radius 3 is 2.54 bits per heavy atom. The van der Waals surface area contributed by atoms with E-state index in [2.05, 4.69) is 15.6 Å². The third kappa shape index (κ3) is 5.31.